The monoisotopic (exact) mass is 513 g/mol. The molecule has 190 valence electrons. The lowest BCUT2D eigenvalue weighted by Gasteiger charge is -2.36. The quantitative estimate of drug-likeness (QED) is 0.386. The van der Waals surface area contributed by atoms with Gasteiger partial charge in [0.1, 0.15) is 6.04 Å². The topological polar surface area (TPSA) is 69.7 Å². The maximum absolute atomic E-state index is 13.7. The van der Waals surface area contributed by atoms with Crippen molar-refractivity contribution in [2.75, 3.05) is 26.2 Å². The van der Waals surface area contributed by atoms with Gasteiger partial charge in [-0.05, 0) is 40.5 Å². The minimum Gasteiger partial charge on any atom is -0.339 e. The van der Waals surface area contributed by atoms with Gasteiger partial charge in [0.25, 0.3) is 0 Å². The molecule has 0 spiro atoms. The van der Waals surface area contributed by atoms with Crippen LogP contribution in [-0.4, -0.2) is 56.3 Å². The second-order valence-corrected chi connectivity index (χ2v) is 11.2. The molecule has 7 heteroatoms. The van der Waals surface area contributed by atoms with Crippen LogP contribution >= 0.6 is 0 Å². The number of sulfonamides is 1. The van der Waals surface area contributed by atoms with Gasteiger partial charge in [-0.2, -0.15) is 4.72 Å². The van der Waals surface area contributed by atoms with Crippen LogP contribution in [0.25, 0.3) is 10.8 Å². The summed E-state index contributed by atoms with van der Waals surface area (Å²) in [5.41, 5.74) is 2.15. The van der Waals surface area contributed by atoms with E-state index in [2.05, 4.69) is 21.8 Å². The lowest BCUT2D eigenvalue weighted by atomic mass is 10.1. The van der Waals surface area contributed by atoms with Crippen molar-refractivity contribution in [1.82, 2.24) is 14.5 Å². The Bertz CT molecular complexity index is 1450. The highest BCUT2D eigenvalue weighted by Crippen LogP contribution is 2.20. The van der Waals surface area contributed by atoms with Crippen LogP contribution in [0.4, 0.5) is 0 Å². The average Bonchev–Trinajstić information content (AvgIpc) is 2.93. The maximum Gasteiger partial charge on any atom is 0.241 e. The number of rotatable bonds is 8. The largest absolute Gasteiger partial charge is 0.339 e. The standard InChI is InChI=1S/C30H31N3O3S/c34-30(33-19-17-32(18-20-33)23-25-11-5-2-6-12-25)29(21-24-9-3-1-4-10-24)31-37(35,36)28-16-15-26-13-7-8-14-27(26)22-28/h1-16,22,29,31H,17-21,23H2. The highest BCUT2D eigenvalue weighted by atomic mass is 32.2. The number of carbonyl (C=O) groups is 1. The van der Waals surface area contributed by atoms with Crippen LogP contribution in [0.1, 0.15) is 11.1 Å². The van der Waals surface area contributed by atoms with E-state index in [4.69, 9.17) is 0 Å². The molecule has 4 aromatic rings. The molecule has 1 heterocycles. The molecule has 1 amide bonds. The number of nitrogens with zero attached hydrogens (tertiary/aromatic N) is 2. The Morgan fingerprint density at radius 3 is 2.00 bits per heavy atom. The zero-order valence-corrected chi connectivity index (χ0v) is 21.5. The van der Waals surface area contributed by atoms with Gasteiger partial charge in [-0.3, -0.25) is 9.69 Å². The highest BCUT2D eigenvalue weighted by molar-refractivity contribution is 7.89. The Kier molecular flexibility index (Phi) is 7.65. The van der Waals surface area contributed by atoms with Crippen molar-refractivity contribution in [2.45, 2.75) is 23.9 Å². The van der Waals surface area contributed by atoms with Crippen LogP contribution in [0.5, 0.6) is 0 Å². The van der Waals surface area contributed by atoms with Gasteiger partial charge in [-0.15, -0.1) is 0 Å². The molecule has 1 aliphatic heterocycles. The van der Waals surface area contributed by atoms with E-state index in [1.165, 1.54) is 5.56 Å². The van der Waals surface area contributed by atoms with E-state index in [-0.39, 0.29) is 17.2 Å². The van der Waals surface area contributed by atoms with E-state index in [1.807, 2.05) is 72.8 Å². The zero-order chi connectivity index (χ0) is 25.7. The summed E-state index contributed by atoms with van der Waals surface area (Å²) in [6, 6.07) is 31.6. The van der Waals surface area contributed by atoms with Crippen LogP contribution in [0.15, 0.2) is 108 Å². The molecule has 0 aromatic heterocycles. The van der Waals surface area contributed by atoms with Gasteiger partial charge in [-0.25, -0.2) is 8.42 Å². The van der Waals surface area contributed by atoms with Gasteiger partial charge in [0.05, 0.1) is 4.90 Å². The summed E-state index contributed by atoms with van der Waals surface area (Å²) < 4.78 is 29.6. The average molecular weight is 514 g/mol. The number of carbonyl (C=O) groups excluding carboxylic acids is 1. The molecular weight excluding hydrogens is 482 g/mol. The fraction of sp³-hybridized carbons (Fsp3) is 0.233. The number of fused-ring (bicyclic) bond motifs is 1. The molecule has 37 heavy (non-hydrogen) atoms. The molecule has 6 nitrogen and oxygen atoms in total. The Balaban J connectivity index is 1.32. The van der Waals surface area contributed by atoms with Crippen molar-refractivity contribution < 1.29 is 13.2 Å². The third-order valence-corrected chi connectivity index (χ3v) is 8.31. The lowest BCUT2D eigenvalue weighted by Crippen LogP contribution is -2.55. The third-order valence-electron chi connectivity index (χ3n) is 6.84. The Hall–Kier alpha value is -3.52. The first kappa shape index (κ1) is 25.1. The van der Waals surface area contributed by atoms with Crippen LogP contribution in [0.3, 0.4) is 0 Å². The summed E-state index contributed by atoms with van der Waals surface area (Å²) in [4.78, 5) is 17.9. The van der Waals surface area contributed by atoms with Gasteiger partial charge in [0.2, 0.25) is 15.9 Å². The molecular formula is C30H31N3O3S. The van der Waals surface area contributed by atoms with E-state index in [1.54, 1.807) is 23.1 Å². The minimum absolute atomic E-state index is 0.157. The van der Waals surface area contributed by atoms with Gasteiger partial charge < -0.3 is 4.90 Å². The van der Waals surface area contributed by atoms with Crippen LogP contribution in [0.2, 0.25) is 0 Å². The van der Waals surface area contributed by atoms with E-state index in [0.717, 1.165) is 36.0 Å². The van der Waals surface area contributed by atoms with E-state index >= 15 is 0 Å². The van der Waals surface area contributed by atoms with Crippen molar-refractivity contribution in [2.24, 2.45) is 0 Å². The van der Waals surface area contributed by atoms with Gasteiger partial charge in [0.15, 0.2) is 0 Å². The first-order valence-corrected chi connectivity index (χ1v) is 14.1. The van der Waals surface area contributed by atoms with Gasteiger partial charge >= 0.3 is 0 Å². The van der Waals surface area contributed by atoms with E-state index in [9.17, 15) is 13.2 Å². The van der Waals surface area contributed by atoms with Crippen molar-refractivity contribution in [3.05, 3.63) is 114 Å². The van der Waals surface area contributed by atoms with Crippen molar-refractivity contribution in [3.8, 4) is 0 Å². The number of hydrogen-bond acceptors (Lipinski definition) is 4. The first-order chi connectivity index (χ1) is 18.0. The lowest BCUT2D eigenvalue weighted by molar-refractivity contribution is -0.134. The molecule has 5 rings (SSSR count). The number of piperazine rings is 1. The summed E-state index contributed by atoms with van der Waals surface area (Å²) in [7, 11) is -3.91. The molecule has 1 N–H and O–H groups in total. The minimum atomic E-state index is -3.91. The highest BCUT2D eigenvalue weighted by Gasteiger charge is 2.31. The molecule has 1 aliphatic rings. The van der Waals surface area contributed by atoms with Crippen molar-refractivity contribution in [1.29, 1.82) is 0 Å². The molecule has 0 radical (unpaired) electrons. The fourth-order valence-corrected chi connectivity index (χ4v) is 6.03. The second kappa shape index (κ2) is 11.3. The first-order valence-electron chi connectivity index (χ1n) is 12.6. The predicted molar refractivity (Wildman–Crippen MR) is 147 cm³/mol. The molecule has 1 fully saturated rings. The maximum atomic E-state index is 13.7. The van der Waals surface area contributed by atoms with E-state index < -0.39 is 16.1 Å². The normalized spacial score (nSPS) is 15.5. The molecule has 4 aromatic carbocycles. The molecule has 0 saturated carbocycles. The summed E-state index contributed by atoms with van der Waals surface area (Å²) in [6.45, 7) is 3.46. The second-order valence-electron chi connectivity index (χ2n) is 9.46. The number of amides is 1. The van der Waals surface area contributed by atoms with Crippen molar-refractivity contribution in [3.63, 3.8) is 0 Å². The molecule has 0 bridgehead atoms. The molecule has 1 unspecified atom stereocenters. The summed E-state index contributed by atoms with van der Waals surface area (Å²) in [5, 5.41) is 1.80. The van der Waals surface area contributed by atoms with Gasteiger partial charge in [0, 0.05) is 32.7 Å². The third kappa shape index (κ3) is 6.25. The molecule has 1 saturated heterocycles. The smallest absolute Gasteiger partial charge is 0.241 e. The fourth-order valence-electron chi connectivity index (χ4n) is 4.81. The summed E-state index contributed by atoms with van der Waals surface area (Å²) >= 11 is 0. The molecule has 0 aliphatic carbocycles. The van der Waals surface area contributed by atoms with E-state index in [0.29, 0.717) is 13.1 Å². The number of benzene rings is 4. The van der Waals surface area contributed by atoms with Gasteiger partial charge in [-0.1, -0.05) is 91.0 Å². The van der Waals surface area contributed by atoms with Crippen LogP contribution in [0, 0.1) is 0 Å². The predicted octanol–water partition coefficient (Wildman–Crippen LogP) is 4.07. The van der Waals surface area contributed by atoms with Crippen molar-refractivity contribution >= 4 is 26.7 Å². The van der Waals surface area contributed by atoms with Crippen LogP contribution in [-0.2, 0) is 27.8 Å². The Labute approximate surface area is 218 Å². The van der Waals surface area contributed by atoms with Crippen LogP contribution < -0.4 is 4.72 Å². The Morgan fingerprint density at radius 2 is 1.32 bits per heavy atom. The SMILES string of the molecule is O=C(C(Cc1ccccc1)NS(=O)(=O)c1ccc2ccccc2c1)N1CCN(Cc2ccccc2)CC1. The zero-order valence-electron chi connectivity index (χ0n) is 20.7. The Morgan fingerprint density at radius 1 is 0.730 bits per heavy atom. The summed E-state index contributed by atoms with van der Waals surface area (Å²) in [5.74, 6) is -0.187. The molecule has 1 atom stereocenters. The number of hydrogen-bond donors (Lipinski definition) is 1. The number of nitrogens with one attached hydrogen (secondary N) is 1. The summed E-state index contributed by atoms with van der Waals surface area (Å²) in [6.07, 6.45) is 0.288.